The van der Waals surface area contributed by atoms with Gasteiger partial charge in [0.1, 0.15) is 11.9 Å². The quantitative estimate of drug-likeness (QED) is 0.702. The van der Waals surface area contributed by atoms with E-state index in [4.69, 9.17) is 11.0 Å². The van der Waals surface area contributed by atoms with Crippen LogP contribution in [-0.2, 0) is 0 Å². The van der Waals surface area contributed by atoms with E-state index in [1.54, 1.807) is 6.07 Å². The molecule has 0 unspecified atom stereocenters. The molecular weight excluding hydrogens is 289 g/mol. The Morgan fingerprint density at radius 1 is 1.13 bits per heavy atom. The molecule has 1 saturated carbocycles. The number of hydrogen-bond donors (Lipinski definition) is 1. The molecule has 3 aromatic rings. The van der Waals surface area contributed by atoms with Crippen molar-refractivity contribution in [2.24, 2.45) is 0 Å². The first-order valence-corrected chi connectivity index (χ1v) is 7.78. The van der Waals surface area contributed by atoms with Crippen LogP contribution in [0.25, 0.3) is 22.2 Å². The van der Waals surface area contributed by atoms with E-state index < -0.39 is 5.82 Å². The summed E-state index contributed by atoms with van der Waals surface area (Å²) < 4.78 is 16.2. The first-order valence-electron chi connectivity index (χ1n) is 7.78. The smallest absolute Gasteiger partial charge is 0.141 e. The van der Waals surface area contributed by atoms with Gasteiger partial charge in [0, 0.05) is 22.8 Å². The minimum absolute atomic E-state index is 0.0972. The molecule has 0 amide bonds. The number of anilines is 1. The molecule has 0 aliphatic heterocycles. The molecule has 1 fully saturated rings. The number of rotatable bonds is 2. The Bertz CT molecular complexity index is 928. The lowest BCUT2D eigenvalue weighted by atomic mass is 9.92. The highest BCUT2D eigenvalue weighted by atomic mass is 19.1. The summed E-state index contributed by atoms with van der Waals surface area (Å²) in [4.78, 5) is 0. The van der Waals surface area contributed by atoms with Crippen LogP contribution in [0.2, 0.25) is 0 Å². The normalized spacial score (nSPS) is 14.6. The lowest BCUT2D eigenvalue weighted by Crippen LogP contribution is -2.17. The Kier molecular flexibility index (Phi) is 3.09. The highest BCUT2D eigenvalue weighted by Gasteiger charge is 2.25. The van der Waals surface area contributed by atoms with Crippen LogP contribution in [0.3, 0.4) is 0 Å². The van der Waals surface area contributed by atoms with Crippen molar-refractivity contribution < 1.29 is 4.39 Å². The topological polar surface area (TPSA) is 54.7 Å². The van der Waals surface area contributed by atoms with Gasteiger partial charge in [0.2, 0.25) is 0 Å². The van der Waals surface area contributed by atoms with Crippen LogP contribution in [0.15, 0.2) is 42.5 Å². The second-order valence-electron chi connectivity index (χ2n) is 6.11. The third-order valence-electron chi connectivity index (χ3n) is 4.69. The van der Waals surface area contributed by atoms with Gasteiger partial charge in [-0.15, -0.1) is 0 Å². The zero-order chi connectivity index (χ0) is 16.0. The molecule has 0 saturated heterocycles. The minimum Gasteiger partial charge on any atom is -0.399 e. The number of nitrogen functional groups attached to an aromatic ring is 1. The second-order valence-corrected chi connectivity index (χ2v) is 6.11. The maximum absolute atomic E-state index is 14.0. The van der Waals surface area contributed by atoms with E-state index in [-0.39, 0.29) is 5.56 Å². The molecule has 1 aliphatic carbocycles. The first kappa shape index (κ1) is 13.8. The fourth-order valence-electron chi connectivity index (χ4n) is 3.25. The van der Waals surface area contributed by atoms with Gasteiger partial charge < -0.3 is 10.3 Å². The van der Waals surface area contributed by atoms with Gasteiger partial charge in [0.05, 0.1) is 11.1 Å². The van der Waals surface area contributed by atoms with Crippen LogP contribution in [-0.4, -0.2) is 4.57 Å². The Morgan fingerprint density at radius 3 is 2.48 bits per heavy atom. The van der Waals surface area contributed by atoms with Crippen LogP contribution in [0.1, 0.15) is 30.9 Å². The summed E-state index contributed by atoms with van der Waals surface area (Å²) in [6, 6.07) is 15.2. The summed E-state index contributed by atoms with van der Waals surface area (Å²) in [6.45, 7) is 0. The molecule has 1 aromatic heterocycles. The monoisotopic (exact) mass is 305 g/mol. The number of nitrogens with two attached hydrogens (primary N) is 1. The van der Waals surface area contributed by atoms with E-state index in [1.165, 1.54) is 12.5 Å². The van der Waals surface area contributed by atoms with Gasteiger partial charge in [0.25, 0.3) is 0 Å². The molecule has 0 atom stereocenters. The van der Waals surface area contributed by atoms with E-state index in [9.17, 15) is 4.39 Å². The number of nitriles is 1. The average molecular weight is 305 g/mol. The average Bonchev–Trinajstić information content (AvgIpc) is 2.84. The number of nitrogens with zero attached hydrogens (tertiary/aromatic N) is 2. The third-order valence-corrected chi connectivity index (χ3v) is 4.69. The van der Waals surface area contributed by atoms with Gasteiger partial charge in [0.15, 0.2) is 0 Å². The summed E-state index contributed by atoms with van der Waals surface area (Å²) in [7, 11) is 0. The van der Waals surface area contributed by atoms with E-state index in [0.717, 1.165) is 40.7 Å². The number of hydrogen-bond acceptors (Lipinski definition) is 2. The van der Waals surface area contributed by atoms with Crippen molar-refractivity contribution in [1.82, 2.24) is 4.57 Å². The van der Waals surface area contributed by atoms with Gasteiger partial charge in [-0.3, -0.25) is 0 Å². The lowest BCUT2D eigenvalue weighted by molar-refractivity contribution is 0.324. The van der Waals surface area contributed by atoms with E-state index in [0.29, 0.717) is 6.04 Å². The predicted molar refractivity (Wildman–Crippen MR) is 89.3 cm³/mol. The van der Waals surface area contributed by atoms with Crippen molar-refractivity contribution in [3.8, 4) is 17.3 Å². The number of fused-ring (bicyclic) bond motifs is 1. The van der Waals surface area contributed by atoms with Crippen LogP contribution < -0.4 is 5.73 Å². The summed E-state index contributed by atoms with van der Waals surface area (Å²) in [6.07, 6.45) is 3.44. The van der Waals surface area contributed by atoms with Crippen molar-refractivity contribution in [1.29, 1.82) is 5.26 Å². The third kappa shape index (κ3) is 2.17. The van der Waals surface area contributed by atoms with Gasteiger partial charge in [-0.25, -0.2) is 4.39 Å². The largest absolute Gasteiger partial charge is 0.399 e. The second kappa shape index (κ2) is 5.13. The van der Waals surface area contributed by atoms with Crippen molar-refractivity contribution in [3.63, 3.8) is 0 Å². The van der Waals surface area contributed by atoms with E-state index in [1.807, 2.05) is 36.4 Å². The zero-order valence-electron chi connectivity index (χ0n) is 12.6. The van der Waals surface area contributed by atoms with Crippen molar-refractivity contribution in [2.45, 2.75) is 25.3 Å². The maximum Gasteiger partial charge on any atom is 0.141 e. The first-order chi connectivity index (χ1) is 11.2. The molecule has 2 aromatic carbocycles. The van der Waals surface area contributed by atoms with Crippen LogP contribution >= 0.6 is 0 Å². The Hall–Kier alpha value is -2.80. The summed E-state index contributed by atoms with van der Waals surface area (Å²) in [5, 5.41) is 9.95. The lowest BCUT2D eigenvalue weighted by Gasteiger charge is -2.30. The molecule has 4 rings (SSSR count). The SMILES string of the molecule is N#Cc1cc2c(cc1F)cc(-c1ccc(N)cc1)n2C1CCC1. The van der Waals surface area contributed by atoms with E-state index >= 15 is 0 Å². The molecule has 114 valence electrons. The number of benzene rings is 2. The highest BCUT2D eigenvalue weighted by Crippen LogP contribution is 2.40. The summed E-state index contributed by atoms with van der Waals surface area (Å²) in [5.41, 5.74) is 9.64. The Labute approximate surface area is 133 Å². The molecule has 1 aliphatic rings. The molecule has 4 heteroatoms. The molecular formula is C19H16FN3. The van der Waals surface area contributed by atoms with Crippen molar-refractivity contribution in [3.05, 3.63) is 53.8 Å². The van der Waals surface area contributed by atoms with Crippen LogP contribution in [0.4, 0.5) is 10.1 Å². The summed E-state index contributed by atoms with van der Waals surface area (Å²) in [5.74, 6) is -0.463. The zero-order valence-corrected chi connectivity index (χ0v) is 12.6. The fraction of sp³-hybridized carbons (Fsp3) is 0.211. The van der Waals surface area contributed by atoms with Crippen molar-refractivity contribution >= 4 is 16.6 Å². The maximum atomic E-state index is 14.0. The molecule has 23 heavy (non-hydrogen) atoms. The fourth-order valence-corrected chi connectivity index (χ4v) is 3.25. The standard InChI is InChI=1S/C19H16FN3/c20-17-8-13-9-18(12-4-6-15(22)7-5-12)23(16-2-1-3-16)19(13)10-14(17)11-21/h4-10,16H,1-3,22H2. The molecule has 1 heterocycles. The predicted octanol–water partition coefficient (Wildman–Crippen LogP) is 4.63. The number of halogens is 1. The molecule has 0 bridgehead atoms. The van der Waals surface area contributed by atoms with Gasteiger partial charge in [-0.05, 0) is 55.2 Å². The van der Waals surface area contributed by atoms with Gasteiger partial charge in [-0.2, -0.15) is 5.26 Å². The van der Waals surface area contributed by atoms with Crippen molar-refractivity contribution in [2.75, 3.05) is 5.73 Å². The Balaban J connectivity index is 1.99. The van der Waals surface area contributed by atoms with Crippen LogP contribution in [0, 0.1) is 17.1 Å². The highest BCUT2D eigenvalue weighted by molar-refractivity contribution is 5.88. The minimum atomic E-state index is -0.463. The van der Waals surface area contributed by atoms with Gasteiger partial charge in [-0.1, -0.05) is 12.1 Å². The number of aromatic nitrogens is 1. The molecule has 3 nitrogen and oxygen atoms in total. The Morgan fingerprint density at radius 2 is 1.87 bits per heavy atom. The molecule has 0 radical (unpaired) electrons. The van der Waals surface area contributed by atoms with E-state index in [2.05, 4.69) is 4.57 Å². The summed E-state index contributed by atoms with van der Waals surface area (Å²) >= 11 is 0. The molecule has 2 N–H and O–H groups in total. The van der Waals surface area contributed by atoms with Crippen LogP contribution in [0.5, 0.6) is 0 Å². The van der Waals surface area contributed by atoms with Gasteiger partial charge >= 0.3 is 0 Å². The molecule has 0 spiro atoms.